The quantitative estimate of drug-likeness (QED) is 0.403. The summed E-state index contributed by atoms with van der Waals surface area (Å²) in [6.45, 7) is 6.73. The Bertz CT molecular complexity index is 362. The summed E-state index contributed by atoms with van der Waals surface area (Å²) in [5.74, 6) is 5.24. The lowest BCUT2D eigenvalue weighted by molar-refractivity contribution is 0.257. The highest BCUT2D eigenvalue weighted by atomic mass is 32.2. The van der Waals surface area contributed by atoms with Crippen molar-refractivity contribution in [3.8, 4) is 0 Å². The molecule has 3 heteroatoms. The summed E-state index contributed by atoms with van der Waals surface area (Å²) >= 11 is 4.06. The lowest BCUT2D eigenvalue weighted by Crippen LogP contribution is -2.26. The van der Waals surface area contributed by atoms with Crippen LogP contribution in [0.2, 0.25) is 0 Å². The Labute approximate surface area is 146 Å². The van der Waals surface area contributed by atoms with Crippen molar-refractivity contribution in [2.75, 3.05) is 23.0 Å². The highest BCUT2D eigenvalue weighted by Gasteiger charge is 2.32. The van der Waals surface area contributed by atoms with E-state index in [9.17, 15) is 5.11 Å². The van der Waals surface area contributed by atoms with Crippen LogP contribution >= 0.6 is 23.5 Å². The zero-order chi connectivity index (χ0) is 16.3. The van der Waals surface area contributed by atoms with E-state index in [-0.39, 0.29) is 5.41 Å². The van der Waals surface area contributed by atoms with E-state index in [1.165, 1.54) is 55.6 Å². The van der Waals surface area contributed by atoms with E-state index < -0.39 is 0 Å². The smallest absolute Gasteiger partial charge is 0.0992 e. The predicted molar refractivity (Wildman–Crippen MR) is 105 cm³/mol. The molecule has 0 aromatic rings. The van der Waals surface area contributed by atoms with Crippen LogP contribution in [0.3, 0.4) is 0 Å². The van der Waals surface area contributed by atoms with Crippen LogP contribution in [0.15, 0.2) is 23.5 Å². The zero-order valence-electron chi connectivity index (χ0n) is 14.7. The standard InChI is InChI=1S/C19H34OS2/c1-4-6-8-12-21-15-17-10-11-18(20)19(3,14-17)16-22-13-9-7-5-2/h10-11,20H,4-9,12-16H2,1-3H3. The van der Waals surface area contributed by atoms with Crippen molar-refractivity contribution >= 4 is 23.5 Å². The molecule has 0 aliphatic heterocycles. The normalized spacial score (nSPS) is 21.6. The lowest BCUT2D eigenvalue weighted by atomic mass is 9.80. The summed E-state index contributed by atoms with van der Waals surface area (Å²) < 4.78 is 0. The first kappa shape index (κ1) is 20.0. The van der Waals surface area contributed by atoms with Crippen LogP contribution in [0.4, 0.5) is 0 Å². The molecule has 0 saturated heterocycles. The Kier molecular flexibility index (Phi) is 10.5. The number of unbranched alkanes of at least 4 members (excludes halogenated alkanes) is 4. The molecule has 22 heavy (non-hydrogen) atoms. The summed E-state index contributed by atoms with van der Waals surface area (Å²) in [5.41, 5.74) is 1.45. The minimum atomic E-state index is -0.0507. The predicted octanol–water partition coefficient (Wildman–Crippen LogP) is 6.61. The van der Waals surface area contributed by atoms with Gasteiger partial charge in [-0.2, -0.15) is 23.5 Å². The Morgan fingerprint density at radius 3 is 2.27 bits per heavy atom. The number of thioether (sulfide) groups is 2. The van der Waals surface area contributed by atoms with Crippen molar-refractivity contribution in [2.24, 2.45) is 5.41 Å². The highest BCUT2D eigenvalue weighted by Crippen LogP contribution is 2.40. The second-order valence-corrected chi connectivity index (χ2v) is 8.84. The van der Waals surface area contributed by atoms with Crippen molar-refractivity contribution in [1.29, 1.82) is 0 Å². The molecule has 0 radical (unpaired) electrons. The fourth-order valence-electron chi connectivity index (χ4n) is 2.68. The van der Waals surface area contributed by atoms with Crippen LogP contribution in [0, 0.1) is 5.41 Å². The van der Waals surface area contributed by atoms with E-state index in [0.29, 0.717) is 5.76 Å². The topological polar surface area (TPSA) is 20.2 Å². The van der Waals surface area contributed by atoms with Crippen molar-refractivity contribution in [3.05, 3.63) is 23.5 Å². The number of hydrogen-bond donors (Lipinski definition) is 1. The molecular weight excluding hydrogens is 308 g/mol. The molecule has 0 amide bonds. The molecule has 0 heterocycles. The highest BCUT2D eigenvalue weighted by molar-refractivity contribution is 7.99. The van der Waals surface area contributed by atoms with Gasteiger partial charge < -0.3 is 5.11 Å². The number of aliphatic hydroxyl groups is 1. The molecule has 0 bridgehead atoms. The molecule has 1 nitrogen and oxygen atoms in total. The van der Waals surface area contributed by atoms with E-state index in [1.54, 1.807) is 0 Å². The van der Waals surface area contributed by atoms with Gasteiger partial charge in [-0.3, -0.25) is 0 Å². The van der Waals surface area contributed by atoms with Crippen LogP contribution in [-0.2, 0) is 0 Å². The molecule has 1 N–H and O–H groups in total. The molecule has 0 saturated carbocycles. The monoisotopic (exact) mass is 342 g/mol. The number of aliphatic hydroxyl groups excluding tert-OH is 1. The Morgan fingerprint density at radius 2 is 1.64 bits per heavy atom. The molecule has 1 aliphatic rings. The van der Waals surface area contributed by atoms with E-state index in [2.05, 4.69) is 38.6 Å². The summed E-state index contributed by atoms with van der Waals surface area (Å²) in [6, 6.07) is 0. The van der Waals surface area contributed by atoms with Gasteiger partial charge in [-0.15, -0.1) is 0 Å². The molecule has 0 spiro atoms. The van der Waals surface area contributed by atoms with Gasteiger partial charge in [-0.05, 0) is 36.8 Å². The molecule has 128 valence electrons. The van der Waals surface area contributed by atoms with Crippen LogP contribution in [0.1, 0.15) is 65.7 Å². The molecule has 1 aliphatic carbocycles. The molecule has 1 atom stereocenters. The first-order chi connectivity index (χ1) is 10.6. The van der Waals surface area contributed by atoms with Gasteiger partial charge in [0.1, 0.15) is 0 Å². The summed E-state index contributed by atoms with van der Waals surface area (Å²) in [6.07, 6.45) is 13.0. The van der Waals surface area contributed by atoms with E-state index in [1.807, 2.05) is 17.8 Å². The third kappa shape index (κ3) is 7.50. The van der Waals surface area contributed by atoms with Crippen molar-refractivity contribution in [1.82, 2.24) is 0 Å². The first-order valence-electron chi connectivity index (χ1n) is 8.87. The largest absolute Gasteiger partial charge is 0.512 e. The SMILES string of the molecule is CCCCCSCC1=CC=C(O)C(C)(CSCCCCC)C1. The van der Waals surface area contributed by atoms with Gasteiger partial charge in [0.05, 0.1) is 5.76 Å². The maximum Gasteiger partial charge on any atom is 0.0992 e. The van der Waals surface area contributed by atoms with Gasteiger partial charge >= 0.3 is 0 Å². The van der Waals surface area contributed by atoms with Crippen molar-refractivity contribution in [2.45, 2.75) is 65.7 Å². The number of hydrogen-bond acceptors (Lipinski definition) is 3. The van der Waals surface area contributed by atoms with Gasteiger partial charge in [0.15, 0.2) is 0 Å². The molecule has 0 fully saturated rings. The molecule has 0 aromatic heterocycles. The van der Waals surface area contributed by atoms with Crippen LogP contribution in [0.5, 0.6) is 0 Å². The van der Waals surface area contributed by atoms with Crippen LogP contribution < -0.4 is 0 Å². The number of rotatable bonds is 12. The Morgan fingerprint density at radius 1 is 1.00 bits per heavy atom. The molecule has 0 aromatic carbocycles. The zero-order valence-corrected chi connectivity index (χ0v) is 16.3. The van der Waals surface area contributed by atoms with Gasteiger partial charge in [0, 0.05) is 16.9 Å². The average Bonchev–Trinajstić information content (AvgIpc) is 2.50. The lowest BCUT2D eigenvalue weighted by Gasteiger charge is -2.32. The van der Waals surface area contributed by atoms with Gasteiger partial charge in [0.25, 0.3) is 0 Å². The fraction of sp³-hybridized carbons (Fsp3) is 0.789. The summed E-state index contributed by atoms with van der Waals surface area (Å²) in [7, 11) is 0. The second kappa shape index (κ2) is 11.5. The molecule has 1 unspecified atom stereocenters. The van der Waals surface area contributed by atoms with Crippen LogP contribution in [-0.4, -0.2) is 28.1 Å². The van der Waals surface area contributed by atoms with E-state index >= 15 is 0 Å². The Balaban J connectivity index is 2.33. The summed E-state index contributed by atoms with van der Waals surface area (Å²) in [5, 5.41) is 10.3. The third-order valence-corrected chi connectivity index (χ3v) is 6.78. The van der Waals surface area contributed by atoms with Gasteiger partial charge in [0.2, 0.25) is 0 Å². The summed E-state index contributed by atoms with van der Waals surface area (Å²) in [4.78, 5) is 0. The minimum Gasteiger partial charge on any atom is -0.512 e. The molecule has 1 rings (SSSR count). The third-order valence-electron chi connectivity index (χ3n) is 4.21. The maximum atomic E-state index is 10.3. The second-order valence-electron chi connectivity index (χ2n) is 6.63. The van der Waals surface area contributed by atoms with Gasteiger partial charge in [-0.1, -0.05) is 58.1 Å². The van der Waals surface area contributed by atoms with E-state index in [4.69, 9.17) is 0 Å². The van der Waals surface area contributed by atoms with Gasteiger partial charge in [-0.25, -0.2) is 0 Å². The Hall–Kier alpha value is -0.0200. The maximum absolute atomic E-state index is 10.3. The minimum absolute atomic E-state index is 0.0507. The first-order valence-corrected chi connectivity index (χ1v) is 11.2. The van der Waals surface area contributed by atoms with E-state index in [0.717, 1.165) is 17.9 Å². The van der Waals surface area contributed by atoms with Crippen LogP contribution in [0.25, 0.3) is 0 Å². The number of allylic oxidation sites excluding steroid dienone is 3. The van der Waals surface area contributed by atoms with Crippen molar-refractivity contribution < 1.29 is 5.11 Å². The van der Waals surface area contributed by atoms with Crippen molar-refractivity contribution in [3.63, 3.8) is 0 Å². The average molecular weight is 343 g/mol. The fourth-order valence-corrected chi connectivity index (χ4v) is 4.95. The molecular formula is C19H34OS2.